The van der Waals surface area contributed by atoms with Crippen LogP contribution in [-0.2, 0) is 10.9 Å². The standard InChI is InChI=1S/C21H20F4N4O2/c1-28-8-2-3-13(11-28)12-31-20(30)16-10-26-29-18(21(23,24)25)9-17(27-19(16)29)14-4-6-15(22)7-5-14/h4-7,9-10,13H,2-3,8,11-12H2,1H3. The Morgan fingerprint density at radius 3 is 2.68 bits per heavy atom. The lowest BCUT2D eigenvalue weighted by Gasteiger charge is -2.29. The molecule has 10 heteroatoms. The van der Waals surface area contributed by atoms with Gasteiger partial charge in [-0.1, -0.05) is 0 Å². The van der Waals surface area contributed by atoms with Gasteiger partial charge in [-0.3, -0.25) is 0 Å². The fraction of sp³-hybridized carbons (Fsp3) is 0.381. The minimum Gasteiger partial charge on any atom is -0.462 e. The van der Waals surface area contributed by atoms with Gasteiger partial charge in [0.2, 0.25) is 0 Å². The van der Waals surface area contributed by atoms with Crippen LogP contribution in [0.4, 0.5) is 17.6 Å². The summed E-state index contributed by atoms with van der Waals surface area (Å²) in [7, 11) is 1.98. The summed E-state index contributed by atoms with van der Waals surface area (Å²) in [6, 6.07) is 5.72. The van der Waals surface area contributed by atoms with Crippen LogP contribution in [0.1, 0.15) is 28.9 Å². The van der Waals surface area contributed by atoms with E-state index in [9.17, 15) is 22.4 Å². The first kappa shape index (κ1) is 21.2. The molecule has 1 atom stereocenters. The first-order valence-corrected chi connectivity index (χ1v) is 9.80. The van der Waals surface area contributed by atoms with Crippen LogP contribution in [-0.4, -0.2) is 52.2 Å². The number of benzene rings is 1. The molecule has 0 N–H and O–H groups in total. The van der Waals surface area contributed by atoms with E-state index >= 15 is 0 Å². The molecule has 0 bridgehead atoms. The number of hydrogen-bond acceptors (Lipinski definition) is 5. The molecule has 0 radical (unpaired) electrons. The topological polar surface area (TPSA) is 59.7 Å². The lowest BCUT2D eigenvalue weighted by molar-refractivity contribution is -0.142. The number of nitrogens with zero attached hydrogens (tertiary/aromatic N) is 4. The second-order valence-corrected chi connectivity index (χ2v) is 7.69. The van der Waals surface area contributed by atoms with Crippen LogP contribution < -0.4 is 0 Å². The van der Waals surface area contributed by atoms with E-state index in [1.165, 1.54) is 12.1 Å². The summed E-state index contributed by atoms with van der Waals surface area (Å²) >= 11 is 0. The minimum atomic E-state index is -4.74. The lowest BCUT2D eigenvalue weighted by Crippen LogP contribution is -2.34. The lowest BCUT2D eigenvalue weighted by atomic mass is 10.00. The Morgan fingerprint density at radius 2 is 2.00 bits per heavy atom. The molecule has 0 aliphatic carbocycles. The van der Waals surface area contributed by atoms with E-state index in [4.69, 9.17) is 4.74 Å². The van der Waals surface area contributed by atoms with Gasteiger partial charge in [0.25, 0.3) is 0 Å². The molecule has 3 heterocycles. The normalized spacial score (nSPS) is 17.8. The van der Waals surface area contributed by atoms with Gasteiger partial charge in [0, 0.05) is 18.0 Å². The van der Waals surface area contributed by atoms with E-state index < -0.39 is 23.7 Å². The third-order valence-corrected chi connectivity index (χ3v) is 5.29. The summed E-state index contributed by atoms with van der Waals surface area (Å²) in [5.41, 5.74) is -1.29. The summed E-state index contributed by atoms with van der Waals surface area (Å²) in [6.07, 6.45) is -1.80. The molecule has 1 unspecified atom stereocenters. The van der Waals surface area contributed by atoms with Crippen molar-refractivity contribution in [3.8, 4) is 11.3 Å². The van der Waals surface area contributed by atoms with E-state index in [2.05, 4.69) is 15.0 Å². The number of aromatic nitrogens is 3. The summed E-state index contributed by atoms with van der Waals surface area (Å²) in [5.74, 6) is -1.14. The highest BCUT2D eigenvalue weighted by molar-refractivity contribution is 5.96. The zero-order valence-electron chi connectivity index (χ0n) is 16.7. The molecule has 31 heavy (non-hydrogen) atoms. The molecular formula is C21H20F4N4O2. The molecule has 6 nitrogen and oxygen atoms in total. The van der Waals surface area contributed by atoms with Crippen molar-refractivity contribution in [3.63, 3.8) is 0 Å². The average Bonchev–Trinajstić information content (AvgIpc) is 3.15. The van der Waals surface area contributed by atoms with Crippen LogP contribution in [0.25, 0.3) is 16.9 Å². The summed E-state index contributed by atoms with van der Waals surface area (Å²) in [4.78, 5) is 19.0. The zero-order chi connectivity index (χ0) is 22.2. The third-order valence-electron chi connectivity index (χ3n) is 5.29. The molecule has 0 spiro atoms. The maximum absolute atomic E-state index is 13.6. The van der Waals surface area contributed by atoms with Gasteiger partial charge in [-0.05, 0) is 56.8 Å². The smallest absolute Gasteiger partial charge is 0.433 e. The molecule has 1 fully saturated rings. The molecule has 1 aliphatic rings. The number of ether oxygens (including phenoxy) is 1. The highest BCUT2D eigenvalue weighted by atomic mass is 19.4. The van der Waals surface area contributed by atoms with E-state index in [1.54, 1.807) is 0 Å². The predicted octanol–water partition coefficient (Wildman–Crippen LogP) is 4.05. The number of halogens is 4. The number of esters is 1. The molecule has 1 aliphatic heterocycles. The van der Waals surface area contributed by atoms with Crippen molar-refractivity contribution in [2.24, 2.45) is 5.92 Å². The molecule has 2 aromatic heterocycles. The van der Waals surface area contributed by atoms with Crippen LogP contribution in [0.3, 0.4) is 0 Å². The maximum Gasteiger partial charge on any atom is 0.433 e. The van der Waals surface area contributed by atoms with Gasteiger partial charge in [-0.15, -0.1) is 0 Å². The van der Waals surface area contributed by atoms with Gasteiger partial charge in [0.15, 0.2) is 11.3 Å². The van der Waals surface area contributed by atoms with Crippen molar-refractivity contribution in [1.29, 1.82) is 0 Å². The van der Waals surface area contributed by atoms with Gasteiger partial charge >= 0.3 is 12.1 Å². The van der Waals surface area contributed by atoms with Gasteiger partial charge in [0.1, 0.15) is 11.4 Å². The van der Waals surface area contributed by atoms with Crippen molar-refractivity contribution < 1.29 is 27.1 Å². The van der Waals surface area contributed by atoms with Crippen molar-refractivity contribution in [2.75, 3.05) is 26.7 Å². The Labute approximate surface area is 175 Å². The number of alkyl halides is 3. The molecule has 3 aromatic rings. The maximum atomic E-state index is 13.6. The summed E-state index contributed by atoms with van der Waals surface area (Å²) in [6.45, 7) is 1.94. The number of rotatable bonds is 4. The van der Waals surface area contributed by atoms with Crippen LogP contribution in [0, 0.1) is 11.7 Å². The predicted molar refractivity (Wildman–Crippen MR) is 104 cm³/mol. The molecule has 4 rings (SSSR count). The molecule has 1 saturated heterocycles. The Morgan fingerprint density at radius 1 is 1.26 bits per heavy atom. The largest absolute Gasteiger partial charge is 0.462 e. The Hall–Kier alpha value is -3.01. The number of carbonyl (C=O) groups is 1. The van der Waals surface area contributed by atoms with Crippen LogP contribution in [0.5, 0.6) is 0 Å². The fourth-order valence-corrected chi connectivity index (χ4v) is 3.76. The van der Waals surface area contributed by atoms with Gasteiger partial charge in [-0.2, -0.15) is 18.3 Å². The zero-order valence-corrected chi connectivity index (χ0v) is 16.7. The fourth-order valence-electron chi connectivity index (χ4n) is 3.76. The SMILES string of the molecule is CN1CCCC(COC(=O)c2cnn3c(C(F)(F)F)cc(-c4ccc(F)cc4)nc23)C1. The molecule has 0 amide bonds. The molecule has 0 saturated carbocycles. The summed E-state index contributed by atoms with van der Waals surface area (Å²) < 4.78 is 60.1. The van der Waals surface area contributed by atoms with Gasteiger partial charge in [-0.25, -0.2) is 18.7 Å². The first-order valence-electron chi connectivity index (χ1n) is 9.80. The van der Waals surface area contributed by atoms with Crippen molar-refractivity contribution >= 4 is 11.6 Å². The number of piperidine rings is 1. The second kappa shape index (κ2) is 8.26. The highest BCUT2D eigenvalue weighted by Crippen LogP contribution is 2.33. The van der Waals surface area contributed by atoms with Crippen LogP contribution in [0.15, 0.2) is 36.5 Å². The third kappa shape index (κ3) is 4.53. The van der Waals surface area contributed by atoms with E-state index in [1.807, 2.05) is 7.05 Å². The molecule has 164 valence electrons. The van der Waals surface area contributed by atoms with Gasteiger partial charge < -0.3 is 9.64 Å². The van der Waals surface area contributed by atoms with E-state index in [-0.39, 0.29) is 35.0 Å². The first-order chi connectivity index (χ1) is 14.7. The average molecular weight is 436 g/mol. The number of carbonyl (C=O) groups excluding carboxylic acids is 1. The highest BCUT2D eigenvalue weighted by Gasteiger charge is 2.36. The number of likely N-dealkylation sites (tertiary alicyclic amines) is 1. The Balaban J connectivity index is 1.68. The van der Waals surface area contributed by atoms with Crippen molar-refractivity contribution in [2.45, 2.75) is 19.0 Å². The van der Waals surface area contributed by atoms with Crippen molar-refractivity contribution in [1.82, 2.24) is 19.5 Å². The molecule has 1 aromatic carbocycles. The van der Waals surface area contributed by atoms with E-state index in [0.29, 0.717) is 4.52 Å². The second-order valence-electron chi connectivity index (χ2n) is 7.69. The Bertz CT molecular complexity index is 1100. The quantitative estimate of drug-likeness (QED) is 0.456. The molecular weight excluding hydrogens is 416 g/mol. The number of fused-ring (bicyclic) bond motifs is 1. The van der Waals surface area contributed by atoms with Crippen LogP contribution in [0.2, 0.25) is 0 Å². The number of hydrogen-bond donors (Lipinski definition) is 0. The monoisotopic (exact) mass is 436 g/mol. The van der Waals surface area contributed by atoms with Crippen molar-refractivity contribution in [3.05, 3.63) is 53.6 Å². The van der Waals surface area contributed by atoms with E-state index in [0.717, 1.165) is 50.3 Å². The minimum absolute atomic E-state index is 0.0525. The van der Waals surface area contributed by atoms with Crippen LogP contribution >= 0.6 is 0 Å². The summed E-state index contributed by atoms with van der Waals surface area (Å²) in [5, 5.41) is 3.73. The Kier molecular flexibility index (Phi) is 5.65. The van der Waals surface area contributed by atoms with Gasteiger partial charge in [0.05, 0.1) is 18.5 Å².